The average molecular weight is 350 g/mol. The molecule has 4 nitrogen and oxygen atoms in total. The first-order valence-corrected chi connectivity index (χ1v) is 8.86. The Morgan fingerprint density at radius 2 is 1.84 bits per heavy atom. The van der Waals surface area contributed by atoms with Gasteiger partial charge in [-0.15, -0.1) is 0 Å². The van der Waals surface area contributed by atoms with E-state index in [-0.39, 0.29) is 5.91 Å². The highest BCUT2D eigenvalue weighted by molar-refractivity contribution is 7.99. The van der Waals surface area contributed by atoms with Crippen molar-refractivity contribution < 1.29 is 9.53 Å². The molecule has 1 aromatic heterocycles. The van der Waals surface area contributed by atoms with Gasteiger partial charge in [0.25, 0.3) is 0 Å². The number of anilines is 1. The maximum Gasteiger partial charge on any atom is 0.234 e. The van der Waals surface area contributed by atoms with Gasteiger partial charge in [0.15, 0.2) is 0 Å². The van der Waals surface area contributed by atoms with Gasteiger partial charge in [-0.05, 0) is 42.8 Å². The van der Waals surface area contributed by atoms with Crippen LogP contribution < -0.4 is 10.1 Å². The number of para-hydroxylation sites is 1. The predicted molar refractivity (Wildman–Crippen MR) is 101 cm³/mol. The monoisotopic (exact) mass is 350 g/mol. The SMILES string of the molecule is Cc1ccc(SCC(=O)Nc2cccc(Oc3ccccc3)c2)nc1. The first-order valence-electron chi connectivity index (χ1n) is 7.87. The van der Waals surface area contributed by atoms with E-state index in [9.17, 15) is 4.79 Å². The number of aromatic nitrogens is 1. The minimum atomic E-state index is -0.0794. The number of rotatable bonds is 6. The molecule has 1 heterocycles. The smallest absolute Gasteiger partial charge is 0.234 e. The number of carbonyl (C=O) groups excluding carboxylic acids is 1. The van der Waals surface area contributed by atoms with Gasteiger partial charge in [-0.3, -0.25) is 4.79 Å². The van der Waals surface area contributed by atoms with Crippen LogP contribution in [0.3, 0.4) is 0 Å². The van der Waals surface area contributed by atoms with Gasteiger partial charge in [-0.1, -0.05) is 42.1 Å². The molecule has 0 bridgehead atoms. The second-order valence-electron chi connectivity index (χ2n) is 5.45. The number of hydrogen-bond donors (Lipinski definition) is 1. The van der Waals surface area contributed by atoms with E-state index < -0.39 is 0 Å². The maximum absolute atomic E-state index is 12.1. The van der Waals surface area contributed by atoms with Crippen LogP contribution in [0.2, 0.25) is 0 Å². The molecule has 0 saturated heterocycles. The summed E-state index contributed by atoms with van der Waals surface area (Å²) < 4.78 is 5.77. The molecule has 1 N–H and O–H groups in total. The van der Waals surface area contributed by atoms with E-state index in [0.717, 1.165) is 16.3 Å². The fourth-order valence-electron chi connectivity index (χ4n) is 2.14. The van der Waals surface area contributed by atoms with Gasteiger partial charge in [0.1, 0.15) is 11.5 Å². The van der Waals surface area contributed by atoms with Crippen LogP contribution in [0, 0.1) is 6.92 Å². The summed E-state index contributed by atoms with van der Waals surface area (Å²) in [4.78, 5) is 16.4. The lowest BCUT2D eigenvalue weighted by Crippen LogP contribution is -2.14. The maximum atomic E-state index is 12.1. The number of pyridine rings is 1. The lowest BCUT2D eigenvalue weighted by molar-refractivity contribution is -0.113. The van der Waals surface area contributed by atoms with Crippen LogP contribution in [0.15, 0.2) is 78.0 Å². The Hall–Kier alpha value is -2.79. The molecule has 0 spiro atoms. The topological polar surface area (TPSA) is 51.2 Å². The molecule has 126 valence electrons. The minimum Gasteiger partial charge on any atom is -0.457 e. The molecule has 0 fully saturated rings. The standard InChI is InChI=1S/C20H18N2O2S/c1-15-10-11-20(21-13-15)25-14-19(23)22-16-6-5-9-18(12-16)24-17-7-3-2-4-8-17/h2-13H,14H2,1H3,(H,22,23). The summed E-state index contributed by atoms with van der Waals surface area (Å²) in [6, 6.07) is 20.8. The van der Waals surface area contributed by atoms with E-state index in [0.29, 0.717) is 17.2 Å². The Labute approximate surface area is 151 Å². The van der Waals surface area contributed by atoms with Crippen molar-refractivity contribution in [3.05, 3.63) is 78.5 Å². The molecule has 0 unspecified atom stereocenters. The largest absolute Gasteiger partial charge is 0.457 e. The number of thioether (sulfide) groups is 1. The third-order valence-electron chi connectivity index (χ3n) is 3.33. The molecule has 2 aromatic carbocycles. The van der Waals surface area contributed by atoms with Crippen LogP contribution in [0.5, 0.6) is 11.5 Å². The molecule has 0 aliphatic carbocycles. The van der Waals surface area contributed by atoms with E-state index in [1.54, 1.807) is 12.3 Å². The highest BCUT2D eigenvalue weighted by atomic mass is 32.2. The van der Waals surface area contributed by atoms with Crippen molar-refractivity contribution in [1.29, 1.82) is 0 Å². The third-order valence-corrected chi connectivity index (χ3v) is 4.28. The van der Waals surface area contributed by atoms with Crippen molar-refractivity contribution in [1.82, 2.24) is 4.98 Å². The van der Waals surface area contributed by atoms with E-state index in [1.165, 1.54) is 11.8 Å². The first kappa shape index (κ1) is 17.0. The van der Waals surface area contributed by atoms with Crippen molar-refractivity contribution >= 4 is 23.4 Å². The molecule has 25 heavy (non-hydrogen) atoms. The highest BCUT2D eigenvalue weighted by Crippen LogP contribution is 2.24. The lowest BCUT2D eigenvalue weighted by atomic mass is 10.3. The van der Waals surface area contributed by atoms with Gasteiger partial charge < -0.3 is 10.1 Å². The van der Waals surface area contributed by atoms with Crippen molar-refractivity contribution in [2.45, 2.75) is 11.9 Å². The van der Waals surface area contributed by atoms with Crippen LogP contribution >= 0.6 is 11.8 Å². The summed E-state index contributed by atoms with van der Waals surface area (Å²) in [5, 5.41) is 3.72. The van der Waals surface area contributed by atoms with Crippen LogP contribution in [0.25, 0.3) is 0 Å². The van der Waals surface area contributed by atoms with Gasteiger partial charge in [-0.25, -0.2) is 4.98 Å². The van der Waals surface area contributed by atoms with Crippen LogP contribution in [-0.2, 0) is 4.79 Å². The van der Waals surface area contributed by atoms with Crippen molar-refractivity contribution in [3.63, 3.8) is 0 Å². The normalized spacial score (nSPS) is 10.3. The zero-order valence-corrected chi connectivity index (χ0v) is 14.6. The minimum absolute atomic E-state index is 0.0794. The van der Waals surface area contributed by atoms with Gasteiger partial charge in [0.05, 0.1) is 10.8 Å². The summed E-state index contributed by atoms with van der Waals surface area (Å²) >= 11 is 1.41. The third kappa shape index (κ3) is 5.36. The van der Waals surface area contributed by atoms with Crippen molar-refractivity contribution in [3.8, 4) is 11.5 Å². The van der Waals surface area contributed by atoms with Gasteiger partial charge in [0, 0.05) is 18.0 Å². The Bertz CT molecular complexity index is 836. The summed E-state index contributed by atoms with van der Waals surface area (Å²) in [5.74, 6) is 1.66. The van der Waals surface area contributed by atoms with E-state index in [2.05, 4.69) is 10.3 Å². The van der Waals surface area contributed by atoms with Gasteiger partial charge in [-0.2, -0.15) is 0 Å². The molecular formula is C20H18N2O2S. The molecule has 0 atom stereocenters. The molecule has 0 radical (unpaired) electrons. The molecule has 3 aromatic rings. The molecule has 3 rings (SSSR count). The van der Waals surface area contributed by atoms with E-state index in [4.69, 9.17) is 4.74 Å². The Balaban J connectivity index is 1.56. The van der Waals surface area contributed by atoms with Crippen molar-refractivity contribution in [2.24, 2.45) is 0 Å². The quantitative estimate of drug-likeness (QED) is 0.642. The molecular weight excluding hydrogens is 332 g/mol. The molecule has 0 saturated carbocycles. The number of ether oxygens (including phenoxy) is 1. The number of amides is 1. The van der Waals surface area contributed by atoms with Gasteiger partial charge >= 0.3 is 0 Å². The molecule has 1 amide bonds. The molecule has 5 heteroatoms. The van der Waals surface area contributed by atoms with E-state index in [1.807, 2.05) is 67.6 Å². The van der Waals surface area contributed by atoms with Gasteiger partial charge in [0.2, 0.25) is 5.91 Å². The Morgan fingerprint density at radius 1 is 1.04 bits per heavy atom. The summed E-state index contributed by atoms with van der Waals surface area (Å²) in [5.41, 5.74) is 1.81. The molecule has 0 aliphatic rings. The fraction of sp³-hybridized carbons (Fsp3) is 0.100. The first-order chi connectivity index (χ1) is 12.2. The van der Waals surface area contributed by atoms with Crippen LogP contribution in [0.1, 0.15) is 5.56 Å². The average Bonchev–Trinajstić information content (AvgIpc) is 2.62. The second-order valence-corrected chi connectivity index (χ2v) is 6.45. The lowest BCUT2D eigenvalue weighted by Gasteiger charge is -2.09. The number of hydrogen-bond acceptors (Lipinski definition) is 4. The summed E-state index contributed by atoms with van der Waals surface area (Å²) in [7, 11) is 0. The number of nitrogens with zero attached hydrogens (tertiary/aromatic N) is 1. The number of benzene rings is 2. The van der Waals surface area contributed by atoms with Crippen LogP contribution in [-0.4, -0.2) is 16.6 Å². The fourth-order valence-corrected chi connectivity index (χ4v) is 2.78. The Kier molecular flexibility index (Phi) is 5.69. The zero-order valence-electron chi connectivity index (χ0n) is 13.8. The zero-order chi connectivity index (χ0) is 17.5. The molecule has 0 aliphatic heterocycles. The van der Waals surface area contributed by atoms with Crippen LogP contribution in [0.4, 0.5) is 5.69 Å². The second kappa shape index (κ2) is 8.35. The number of aryl methyl sites for hydroxylation is 1. The summed E-state index contributed by atoms with van der Waals surface area (Å²) in [6.45, 7) is 1.98. The summed E-state index contributed by atoms with van der Waals surface area (Å²) in [6.07, 6.45) is 1.80. The van der Waals surface area contributed by atoms with Crippen molar-refractivity contribution in [2.75, 3.05) is 11.1 Å². The number of nitrogens with one attached hydrogen (secondary N) is 1. The highest BCUT2D eigenvalue weighted by Gasteiger charge is 2.06. The predicted octanol–water partition coefficient (Wildman–Crippen LogP) is 4.91. The van der Waals surface area contributed by atoms with E-state index >= 15 is 0 Å². The number of carbonyl (C=O) groups is 1. The Morgan fingerprint density at radius 3 is 2.60 bits per heavy atom.